The van der Waals surface area contributed by atoms with Gasteiger partial charge in [-0.3, -0.25) is 14.5 Å². The Morgan fingerprint density at radius 3 is 2.50 bits per heavy atom. The molecule has 108 valence electrons. The lowest BCUT2D eigenvalue weighted by Crippen LogP contribution is -2.36. The van der Waals surface area contributed by atoms with Gasteiger partial charge in [-0.05, 0) is 40.6 Å². The Morgan fingerprint density at radius 1 is 1.30 bits per heavy atom. The molecule has 0 aromatic heterocycles. The standard InChI is InChI=1S/C12H12INO5S/c13-9-4-2-1-3-8(9)5-6-14-11(15)7-10(12(14)16)20(17,18)19/h1-4,10H,5-7H2,(H,17,18,19)/p-1. The van der Waals surface area contributed by atoms with Crippen LogP contribution in [0.2, 0.25) is 0 Å². The first kappa shape index (κ1) is 15.4. The fourth-order valence-electron chi connectivity index (χ4n) is 2.05. The molecule has 0 bridgehead atoms. The van der Waals surface area contributed by atoms with Crippen molar-refractivity contribution in [3.63, 3.8) is 0 Å². The molecule has 0 aliphatic carbocycles. The van der Waals surface area contributed by atoms with Gasteiger partial charge in [-0.1, -0.05) is 18.2 Å². The van der Waals surface area contributed by atoms with Crippen LogP contribution in [0.5, 0.6) is 0 Å². The van der Waals surface area contributed by atoms with Crippen LogP contribution >= 0.6 is 22.6 Å². The number of halogens is 1. The predicted molar refractivity (Wildman–Crippen MR) is 77.7 cm³/mol. The summed E-state index contributed by atoms with van der Waals surface area (Å²) >= 11 is 2.14. The van der Waals surface area contributed by atoms with Crippen molar-refractivity contribution < 1.29 is 22.6 Å². The first-order valence-corrected chi connectivity index (χ1v) is 8.38. The van der Waals surface area contributed by atoms with Crippen molar-refractivity contribution in [3.8, 4) is 0 Å². The molecular weight excluding hydrogens is 397 g/mol. The molecule has 6 nitrogen and oxygen atoms in total. The highest BCUT2D eigenvalue weighted by atomic mass is 127. The second-order valence-corrected chi connectivity index (χ2v) is 7.13. The molecule has 0 saturated carbocycles. The molecule has 1 atom stereocenters. The van der Waals surface area contributed by atoms with Crippen LogP contribution in [0.4, 0.5) is 0 Å². The molecule has 1 fully saturated rings. The molecule has 20 heavy (non-hydrogen) atoms. The predicted octanol–water partition coefficient (Wildman–Crippen LogP) is 0.506. The average molecular weight is 408 g/mol. The van der Waals surface area contributed by atoms with E-state index in [1.54, 1.807) is 0 Å². The molecule has 2 rings (SSSR count). The van der Waals surface area contributed by atoms with Crippen LogP contribution in [-0.2, 0) is 26.1 Å². The minimum absolute atomic E-state index is 0.0870. The Morgan fingerprint density at radius 2 is 1.95 bits per heavy atom. The summed E-state index contributed by atoms with van der Waals surface area (Å²) in [6.07, 6.45) is -0.112. The first-order valence-electron chi connectivity index (χ1n) is 5.83. The van der Waals surface area contributed by atoms with E-state index in [4.69, 9.17) is 0 Å². The molecule has 1 aliphatic heterocycles. The maximum atomic E-state index is 11.8. The summed E-state index contributed by atoms with van der Waals surface area (Å²) in [5.74, 6) is -1.51. The summed E-state index contributed by atoms with van der Waals surface area (Å²) in [5.41, 5.74) is 0.960. The van der Waals surface area contributed by atoms with E-state index in [1.807, 2.05) is 24.3 Å². The van der Waals surface area contributed by atoms with E-state index in [2.05, 4.69) is 22.6 Å². The zero-order valence-electron chi connectivity index (χ0n) is 10.3. The molecule has 1 heterocycles. The van der Waals surface area contributed by atoms with E-state index < -0.39 is 33.6 Å². The largest absolute Gasteiger partial charge is 0.747 e. The zero-order chi connectivity index (χ0) is 14.9. The van der Waals surface area contributed by atoms with Crippen LogP contribution in [0, 0.1) is 3.57 Å². The van der Waals surface area contributed by atoms with Crippen LogP contribution in [0.25, 0.3) is 0 Å². The third kappa shape index (κ3) is 3.18. The van der Waals surface area contributed by atoms with Crippen molar-refractivity contribution in [1.29, 1.82) is 0 Å². The van der Waals surface area contributed by atoms with Crippen LogP contribution in [0.3, 0.4) is 0 Å². The molecule has 1 aliphatic rings. The lowest BCUT2D eigenvalue weighted by molar-refractivity contribution is -0.138. The number of rotatable bonds is 4. The number of amides is 2. The maximum Gasteiger partial charge on any atom is 0.246 e. The van der Waals surface area contributed by atoms with Crippen LogP contribution in [0.1, 0.15) is 12.0 Å². The third-order valence-corrected chi connectivity index (χ3v) is 5.23. The van der Waals surface area contributed by atoms with Gasteiger partial charge in [0.25, 0.3) is 0 Å². The van der Waals surface area contributed by atoms with Gasteiger partial charge in [-0.15, -0.1) is 0 Å². The van der Waals surface area contributed by atoms with Crippen molar-refractivity contribution in [2.45, 2.75) is 18.1 Å². The van der Waals surface area contributed by atoms with Gasteiger partial charge < -0.3 is 4.55 Å². The van der Waals surface area contributed by atoms with Gasteiger partial charge in [-0.25, -0.2) is 8.42 Å². The second-order valence-electron chi connectivity index (χ2n) is 4.41. The van der Waals surface area contributed by atoms with Gasteiger partial charge in [0.05, 0.1) is 6.42 Å². The number of hydrogen-bond acceptors (Lipinski definition) is 5. The zero-order valence-corrected chi connectivity index (χ0v) is 13.3. The molecule has 0 radical (unpaired) electrons. The number of likely N-dealkylation sites (tertiary alicyclic amines) is 1. The topological polar surface area (TPSA) is 94.6 Å². The highest BCUT2D eigenvalue weighted by molar-refractivity contribution is 14.1. The summed E-state index contributed by atoms with van der Waals surface area (Å²) in [4.78, 5) is 24.3. The maximum absolute atomic E-state index is 11.8. The number of carbonyl (C=O) groups is 2. The van der Waals surface area contributed by atoms with Crippen LogP contribution < -0.4 is 0 Å². The monoisotopic (exact) mass is 408 g/mol. The fraction of sp³-hybridized carbons (Fsp3) is 0.333. The van der Waals surface area contributed by atoms with Crippen molar-refractivity contribution >= 4 is 44.5 Å². The molecule has 0 spiro atoms. The fourth-order valence-corrected chi connectivity index (χ4v) is 3.42. The van der Waals surface area contributed by atoms with Gasteiger partial charge in [0.1, 0.15) is 15.4 Å². The number of hydrogen-bond donors (Lipinski definition) is 0. The Labute approximate surface area is 130 Å². The highest BCUT2D eigenvalue weighted by Gasteiger charge is 2.42. The number of imide groups is 1. The minimum Gasteiger partial charge on any atom is -0.747 e. The van der Waals surface area contributed by atoms with Gasteiger partial charge in [-0.2, -0.15) is 0 Å². The van der Waals surface area contributed by atoms with Gasteiger partial charge in [0, 0.05) is 10.1 Å². The number of benzene rings is 1. The van der Waals surface area contributed by atoms with Gasteiger partial charge in [0.15, 0.2) is 0 Å². The van der Waals surface area contributed by atoms with Gasteiger partial charge in [0.2, 0.25) is 11.8 Å². The van der Waals surface area contributed by atoms with E-state index in [0.717, 1.165) is 14.0 Å². The van der Waals surface area contributed by atoms with Crippen molar-refractivity contribution in [2.24, 2.45) is 0 Å². The molecule has 1 saturated heterocycles. The van der Waals surface area contributed by atoms with Gasteiger partial charge >= 0.3 is 0 Å². The Hall–Kier alpha value is -1.000. The highest BCUT2D eigenvalue weighted by Crippen LogP contribution is 2.20. The van der Waals surface area contributed by atoms with Crippen molar-refractivity contribution in [1.82, 2.24) is 4.90 Å². The molecule has 1 unspecified atom stereocenters. The minimum atomic E-state index is -4.77. The Kier molecular flexibility index (Phi) is 4.45. The van der Waals surface area contributed by atoms with E-state index in [0.29, 0.717) is 6.42 Å². The SMILES string of the molecule is O=C1CC(S(=O)(=O)[O-])C(=O)N1CCc1ccccc1I. The molecule has 2 amide bonds. The smallest absolute Gasteiger partial charge is 0.246 e. The molecule has 1 aromatic rings. The van der Waals surface area contributed by atoms with E-state index >= 15 is 0 Å². The van der Waals surface area contributed by atoms with Crippen molar-refractivity contribution in [3.05, 3.63) is 33.4 Å². The summed E-state index contributed by atoms with van der Waals surface area (Å²) in [7, 11) is -4.77. The summed E-state index contributed by atoms with van der Waals surface area (Å²) in [5, 5.41) is -1.76. The van der Waals surface area contributed by atoms with Crippen molar-refractivity contribution in [2.75, 3.05) is 6.54 Å². The van der Waals surface area contributed by atoms with E-state index in [9.17, 15) is 22.6 Å². The second kappa shape index (κ2) is 5.78. The lowest BCUT2D eigenvalue weighted by Gasteiger charge is -2.16. The molecular formula is C12H11INO5S-. The van der Waals surface area contributed by atoms with E-state index in [-0.39, 0.29) is 6.54 Å². The first-order chi connectivity index (χ1) is 9.30. The Balaban J connectivity index is 2.09. The molecule has 0 N–H and O–H groups in total. The molecule has 8 heteroatoms. The quantitative estimate of drug-likeness (QED) is 0.411. The van der Waals surface area contributed by atoms with Crippen LogP contribution in [0.15, 0.2) is 24.3 Å². The summed E-state index contributed by atoms with van der Waals surface area (Å²) in [6, 6.07) is 7.48. The number of carbonyl (C=O) groups excluding carboxylic acids is 2. The average Bonchev–Trinajstić information content (AvgIpc) is 2.64. The van der Waals surface area contributed by atoms with Crippen LogP contribution in [-0.4, -0.2) is 41.5 Å². The lowest BCUT2D eigenvalue weighted by atomic mass is 10.1. The Bertz CT molecular complexity index is 658. The summed E-state index contributed by atoms with van der Waals surface area (Å²) < 4.78 is 33.7. The van der Waals surface area contributed by atoms with E-state index in [1.165, 1.54) is 0 Å². The number of nitrogens with zero attached hydrogens (tertiary/aromatic N) is 1. The normalized spacial score (nSPS) is 19.7. The summed E-state index contributed by atoms with van der Waals surface area (Å²) in [6.45, 7) is 0.0870. The molecule has 1 aromatic carbocycles. The third-order valence-electron chi connectivity index (χ3n) is 3.11.